The van der Waals surface area contributed by atoms with Crippen LogP contribution in [0.4, 0.5) is 0 Å². The van der Waals surface area contributed by atoms with Gasteiger partial charge in [0, 0.05) is 5.92 Å². The maximum Gasteiger partial charge on any atom is 0.382 e. The molecule has 33 heavy (non-hydrogen) atoms. The zero-order chi connectivity index (χ0) is 24.2. The predicted molar refractivity (Wildman–Crippen MR) is 141 cm³/mol. The lowest BCUT2D eigenvalue weighted by molar-refractivity contribution is -0.130. The second-order valence-electron chi connectivity index (χ2n) is 8.59. The number of aliphatic hydroxyl groups is 1. The maximum absolute atomic E-state index is 10.2. The molecule has 0 bridgehead atoms. The van der Waals surface area contributed by atoms with Crippen molar-refractivity contribution in [1.82, 2.24) is 0 Å². The number of unbranched alkanes of at least 4 members (excludes halogenated alkanes) is 16. The Bertz CT molecular complexity index is 640. The molecule has 0 amide bonds. The Labute approximate surface area is 203 Å². The first-order valence-corrected chi connectivity index (χ1v) is 13.0. The average molecular weight is 455 g/mol. The van der Waals surface area contributed by atoms with Gasteiger partial charge < -0.3 is 10.2 Å². The van der Waals surface area contributed by atoms with Gasteiger partial charge in [-0.2, -0.15) is 0 Å². The summed E-state index contributed by atoms with van der Waals surface area (Å²) in [4.78, 5) is 10.2. The summed E-state index contributed by atoms with van der Waals surface area (Å²) < 4.78 is 0. The minimum Gasteiger partial charge on any atom is -0.472 e. The normalized spacial score (nSPS) is 12.2. The number of carboxylic acids is 1. The van der Waals surface area contributed by atoms with E-state index in [1.807, 2.05) is 12.2 Å². The third-order valence-corrected chi connectivity index (χ3v) is 5.52. The fourth-order valence-corrected chi connectivity index (χ4v) is 3.58. The van der Waals surface area contributed by atoms with Crippen LogP contribution in [0.1, 0.15) is 116 Å². The van der Waals surface area contributed by atoms with Crippen LogP contribution < -0.4 is 0 Å². The zero-order valence-electron chi connectivity index (χ0n) is 20.6. The number of hydrogen-bond donors (Lipinski definition) is 2. The van der Waals surface area contributed by atoms with Gasteiger partial charge in [-0.1, -0.05) is 100 Å². The van der Waals surface area contributed by atoms with Gasteiger partial charge in [0.1, 0.15) is 6.10 Å². The van der Waals surface area contributed by atoms with Crippen LogP contribution in [0.15, 0.2) is 36.5 Å². The Balaban J connectivity index is 3.23. The molecule has 3 heteroatoms. The van der Waals surface area contributed by atoms with Gasteiger partial charge in [-0.25, -0.2) is 4.79 Å². The molecule has 0 spiro atoms. The minimum atomic E-state index is -1.07. The fourth-order valence-electron chi connectivity index (χ4n) is 3.58. The Hall–Kier alpha value is -2.23. The van der Waals surface area contributed by atoms with Gasteiger partial charge in [0.2, 0.25) is 0 Å². The largest absolute Gasteiger partial charge is 0.472 e. The number of carboxylic acid groups (broad SMARTS) is 1. The summed E-state index contributed by atoms with van der Waals surface area (Å²) in [5.74, 6) is 5.79. The van der Waals surface area contributed by atoms with E-state index in [2.05, 4.69) is 29.9 Å². The lowest BCUT2D eigenvalue weighted by atomic mass is 10.1. The summed E-state index contributed by atoms with van der Waals surface area (Å²) in [5.41, 5.74) is 0. The monoisotopic (exact) mass is 454 g/mol. The fraction of sp³-hybridized carbons (Fsp3) is 0.633. The molecule has 0 unspecified atom stereocenters. The molecule has 0 rings (SSSR count). The molecule has 0 fully saturated rings. The van der Waals surface area contributed by atoms with E-state index in [9.17, 15) is 9.90 Å². The van der Waals surface area contributed by atoms with Crippen molar-refractivity contribution in [3.05, 3.63) is 36.5 Å². The quantitative estimate of drug-likeness (QED) is 0.106. The van der Waals surface area contributed by atoms with Gasteiger partial charge in [0.25, 0.3) is 0 Å². The van der Waals surface area contributed by atoms with E-state index in [1.165, 1.54) is 96.3 Å². The molecule has 1 atom stereocenters. The molecule has 0 aliphatic heterocycles. The van der Waals surface area contributed by atoms with Crippen LogP contribution in [0.3, 0.4) is 0 Å². The molecule has 0 aromatic carbocycles. The standard InChI is InChI=1S/C30H46O3/c1-2-29(31)27-25-23-21-19-17-15-13-11-9-7-5-3-4-6-8-10-12-14-16-18-20-22-24-26-28-30(32)33/h1,3,5,22,24-25,27,29,31H,4,6-21,23H2,(H,32,33)/b5-3-,24-22-,27-25+/t29-/m0/s1. The van der Waals surface area contributed by atoms with Crippen molar-refractivity contribution in [3.8, 4) is 24.2 Å². The van der Waals surface area contributed by atoms with Crippen molar-refractivity contribution in [2.75, 3.05) is 0 Å². The second kappa shape index (κ2) is 26.0. The van der Waals surface area contributed by atoms with Gasteiger partial charge in [0.15, 0.2) is 0 Å². The van der Waals surface area contributed by atoms with Crippen LogP contribution in [0.25, 0.3) is 0 Å². The van der Waals surface area contributed by atoms with Crippen molar-refractivity contribution >= 4 is 5.97 Å². The summed E-state index contributed by atoms with van der Waals surface area (Å²) >= 11 is 0. The van der Waals surface area contributed by atoms with Crippen molar-refractivity contribution in [2.24, 2.45) is 0 Å². The topological polar surface area (TPSA) is 57.5 Å². The van der Waals surface area contributed by atoms with E-state index in [4.69, 9.17) is 11.5 Å². The Morgan fingerprint density at radius 2 is 1.06 bits per heavy atom. The number of terminal acetylenes is 1. The van der Waals surface area contributed by atoms with E-state index in [-0.39, 0.29) is 0 Å². The van der Waals surface area contributed by atoms with Crippen LogP contribution in [-0.4, -0.2) is 22.3 Å². The van der Waals surface area contributed by atoms with E-state index in [1.54, 1.807) is 12.2 Å². The molecule has 0 radical (unpaired) electrons. The van der Waals surface area contributed by atoms with Gasteiger partial charge in [-0.15, -0.1) is 6.42 Å². The number of hydrogen-bond acceptors (Lipinski definition) is 2. The summed E-state index contributed by atoms with van der Waals surface area (Å²) in [7, 11) is 0. The maximum atomic E-state index is 10.2. The van der Waals surface area contributed by atoms with Gasteiger partial charge in [-0.3, -0.25) is 0 Å². The molecule has 0 aliphatic carbocycles. The first-order chi connectivity index (χ1) is 16.2. The van der Waals surface area contributed by atoms with Gasteiger partial charge in [0.05, 0.1) is 0 Å². The molecule has 0 aliphatic rings. The van der Waals surface area contributed by atoms with Crippen LogP contribution >= 0.6 is 0 Å². The van der Waals surface area contributed by atoms with Crippen molar-refractivity contribution in [2.45, 2.75) is 122 Å². The SMILES string of the molecule is C#C[C@H](O)/C=C/CCCCCCCCC/C=C\CCCCCCCCC/C=C\C#CC(=O)O. The van der Waals surface area contributed by atoms with Gasteiger partial charge >= 0.3 is 5.97 Å². The van der Waals surface area contributed by atoms with Crippen molar-refractivity contribution < 1.29 is 15.0 Å². The number of rotatable bonds is 21. The number of allylic oxidation sites excluding steroid dienone is 5. The lowest BCUT2D eigenvalue weighted by Gasteiger charge is -2.01. The molecule has 0 aromatic rings. The predicted octanol–water partition coefficient (Wildman–Crippen LogP) is 7.76. The van der Waals surface area contributed by atoms with Crippen LogP contribution in [0.2, 0.25) is 0 Å². The highest BCUT2D eigenvalue weighted by atomic mass is 16.4. The molecular formula is C30H46O3. The minimum absolute atomic E-state index is 0.726. The van der Waals surface area contributed by atoms with Crippen molar-refractivity contribution in [3.63, 3.8) is 0 Å². The third kappa shape index (κ3) is 27.7. The summed E-state index contributed by atoms with van der Waals surface area (Å²) in [6.45, 7) is 0. The third-order valence-electron chi connectivity index (χ3n) is 5.52. The van der Waals surface area contributed by atoms with Gasteiger partial charge in [-0.05, 0) is 63.5 Å². The van der Waals surface area contributed by atoms with Crippen LogP contribution in [0.5, 0.6) is 0 Å². The zero-order valence-corrected chi connectivity index (χ0v) is 20.6. The Kier molecular flexibility index (Phi) is 24.3. The number of carbonyl (C=O) groups is 1. The Morgan fingerprint density at radius 1 is 0.667 bits per heavy atom. The van der Waals surface area contributed by atoms with Crippen LogP contribution in [0, 0.1) is 24.2 Å². The molecule has 2 N–H and O–H groups in total. The molecular weight excluding hydrogens is 408 g/mol. The van der Waals surface area contributed by atoms with E-state index in [0.29, 0.717) is 0 Å². The van der Waals surface area contributed by atoms with E-state index >= 15 is 0 Å². The molecule has 0 heterocycles. The van der Waals surface area contributed by atoms with E-state index < -0.39 is 12.1 Å². The molecule has 0 saturated carbocycles. The summed E-state index contributed by atoms with van der Waals surface area (Å²) in [6, 6.07) is 0. The van der Waals surface area contributed by atoms with E-state index in [0.717, 1.165) is 19.3 Å². The highest BCUT2D eigenvalue weighted by Crippen LogP contribution is 2.12. The first-order valence-electron chi connectivity index (χ1n) is 13.0. The van der Waals surface area contributed by atoms with Crippen molar-refractivity contribution in [1.29, 1.82) is 0 Å². The van der Waals surface area contributed by atoms with Crippen LogP contribution in [-0.2, 0) is 4.79 Å². The second-order valence-corrected chi connectivity index (χ2v) is 8.59. The summed E-state index contributed by atoms with van der Waals surface area (Å²) in [5, 5.41) is 17.6. The highest BCUT2D eigenvalue weighted by molar-refractivity contribution is 5.86. The smallest absolute Gasteiger partial charge is 0.382 e. The molecule has 184 valence electrons. The molecule has 0 saturated heterocycles. The summed E-state index contributed by atoms with van der Waals surface area (Å²) in [6.07, 6.45) is 38.9. The number of aliphatic hydroxyl groups excluding tert-OH is 1. The molecule has 0 aromatic heterocycles. The number of aliphatic carboxylic acids is 1. The molecule has 3 nitrogen and oxygen atoms in total. The average Bonchev–Trinajstić information content (AvgIpc) is 2.80. The Morgan fingerprint density at radius 3 is 1.48 bits per heavy atom. The first kappa shape index (κ1) is 30.8. The lowest BCUT2D eigenvalue weighted by Crippen LogP contribution is -1.95. The highest BCUT2D eigenvalue weighted by Gasteiger charge is 1.93.